The van der Waals surface area contributed by atoms with E-state index in [-0.39, 0.29) is 0 Å². The summed E-state index contributed by atoms with van der Waals surface area (Å²) in [5, 5.41) is 0. The first-order valence-corrected chi connectivity index (χ1v) is 5.03. The maximum atomic E-state index is 5.36. The van der Waals surface area contributed by atoms with Gasteiger partial charge in [0.1, 0.15) is 0 Å². The lowest BCUT2D eigenvalue weighted by molar-refractivity contribution is 0.619. The van der Waals surface area contributed by atoms with E-state index >= 15 is 0 Å². The highest BCUT2D eigenvalue weighted by atomic mass is 79.9. The van der Waals surface area contributed by atoms with Crippen LogP contribution in [0.2, 0.25) is 0 Å². The molecule has 0 aromatic heterocycles. The first-order chi connectivity index (χ1) is 4.77. The molecule has 2 N–H and O–H groups in total. The summed E-state index contributed by atoms with van der Waals surface area (Å²) in [6, 6.07) is 0. The molecule has 0 heterocycles. The van der Waals surface area contributed by atoms with Crippen LogP contribution in [0.5, 0.6) is 0 Å². The van der Waals surface area contributed by atoms with Crippen LogP contribution in [0.3, 0.4) is 0 Å². The van der Waals surface area contributed by atoms with Gasteiger partial charge in [0, 0.05) is 4.83 Å². The van der Waals surface area contributed by atoms with Crippen molar-refractivity contribution in [2.45, 2.75) is 43.9 Å². The molecule has 2 heteroatoms. The average Bonchev–Trinajstić information content (AvgIpc) is 1.87. The third kappa shape index (κ3) is 8.44. The molecule has 10 heavy (non-hydrogen) atoms. The molecule has 1 atom stereocenters. The lowest BCUT2D eigenvalue weighted by Crippen LogP contribution is -1.98. The molecule has 0 aliphatic carbocycles. The van der Waals surface area contributed by atoms with Crippen molar-refractivity contribution >= 4 is 15.9 Å². The molecular formula is C8H18BrN. The molecule has 0 bridgehead atoms. The van der Waals surface area contributed by atoms with Gasteiger partial charge >= 0.3 is 0 Å². The molecule has 0 aliphatic rings. The van der Waals surface area contributed by atoms with Gasteiger partial charge in [0.25, 0.3) is 0 Å². The van der Waals surface area contributed by atoms with Crippen LogP contribution >= 0.6 is 15.9 Å². The predicted octanol–water partition coefficient (Wildman–Crippen LogP) is 2.68. The molecule has 0 aliphatic heterocycles. The van der Waals surface area contributed by atoms with E-state index in [9.17, 15) is 0 Å². The van der Waals surface area contributed by atoms with Gasteiger partial charge in [0.2, 0.25) is 0 Å². The Labute approximate surface area is 72.5 Å². The molecule has 0 amide bonds. The second kappa shape index (κ2) is 7.55. The Morgan fingerprint density at radius 1 is 1.20 bits per heavy atom. The lowest BCUT2D eigenvalue weighted by Gasteiger charge is -2.01. The number of rotatable bonds is 6. The van der Waals surface area contributed by atoms with Crippen LogP contribution in [0.1, 0.15) is 39.0 Å². The molecule has 0 radical (unpaired) electrons. The second-order valence-corrected chi connectivity index (χ2v) is 4.34. The van der Waals surface area contributed by atoms with E-state index in [1.807, 2.05) is 0 Å². The Morgan fingerprint density at radius 2 is 1.80 bits per heavy atom. The Kier molecular flexibility index (Phi) is 7.88. The Hall–Kier alpha value is 0.440. The van der Waals surface area contributed by atoms with Crippen LogP contribution in [-0.4, -0.2) is 11.4 Å². The molecule has 0 fully saturated rings. The van der Waals surface area contributed by atoms with Crippen molar-refractivity contribution in [1.82, 2.24) is 0 Å². The van der Waals surface area contributed by atoms with Crippen molar-refractivity contribution in [3.05, 3.63) is 0 Å². The van der Waals surface area contributed by atoms with E-state index in [1.165, 1.54) is 32.1 Å². The number of alkyl halides is 1. The van der Waals surface area contributed by atoms with Gasteiger partial charge in [0.05, 0.1) is 0 Å². The van der Waals surface area contributed by atoms with Crippen LogP contribution in [0.25, 0.3) is 0 Å². The van der Waals surface area contributed by atoms with Crippen molar-refractivity contribution in [3.8, 4) is 0 Å². The number of hydrogen-bond acceptors (Lipinski definition) is 1. The molecule has 0 rings (SSSR count). The predicted molar refractivity (Wildman–Crippen MR) is 50.5 cm³/mol. The summed E-state index contributed by atoms with van der Waals surface area (Å²) in [4.78, 5) is 0.686. The van der Waals surface area contributed by atoms with Gasteiger partial charge in [-0.15, -0.1) is 0 Å². The summed E-state index contributed by atoms with van der Waals surface area (Å²) < 4.78 is 0. The zero-order chi connectivity index (χ0) is 7.82. The van der Waals surface area contributed by atoms with Crippen LogP contribution in [0, 0.1) is 0 Å². The number of nitrogens with two attached hydrogens (primary N) is 1. The number of hydrogen-bond donors (Lipinski definition) is 1. The van der Waals surface area contributed by atoms with Crippen molar-refractivity contribution in [3.63, 3.8) is 0 Å². The quantitative estimate of drug-likeness (QED) is 0.527. The standard InChI is InChI=1S/C8H18BrN/c1-8(9)6-4-2-3-5-7-10/h8H,2-7,10H2,1H3. The van der Waals surface area contributed by atoms with E-state index in [1.54, 1.807) is 0 Å². The average molecular weight is 208 g/mol. The van der Waals surface area contributed by atoms with Crippen LogP contribution in [-0.2, 0) is 0 Å². The van der Waals surface area contributed by atoms with Gasteiger partial charge in [0.15, 0.2) is 0 Å². The molecule has 0 aromatic carbocycles. The van der Waals surface area contributed by atoms with Crippen molar-refractivity contribution < 1.29 is 0 Å². The van der Waals surface area contributed by atoms with E-state index in [2.05, 4.69) is 22.9 Å². The number of unbranched alkanes of at least 4 members (excludes halogenated alkanes) is 3. The molecule has 0 saturated heterocycles. The summed E-state index contributed by atoms with van der Waals surface area (Å²) in [6.07, 6.45) is 6.47. The lowest BCUT2D eigenvalue weighted by atomic mass is 10.1. The van der Waals surface area contributed by atoms with E-state index in [0.29, 0.717) is 4.83 Å². The third-order valence-electron chi connectivity index (χ3n) is 1.56. The van der Waals surface area contributed by atoms with Crippen molar-refractivity contribution in [2.24, 2.45) is 5.73 Å². The molecule has 1 unspecified atom stereocenters. The molecule has 0 aromatic rings. The highest BCUT2D eigenvalue weighted by Crippen LogP contribution is 2.10. The maximum absolute atomic E-state index is 5.36. The van der Waals surface area contributed by atoms with Gasteiger partial charge in [-0.2, -0.15) is 0 Å². The third-order valence-corrected chi connectivity index (χ3v) is 2.01. The smallest absolute Gasteiger partial charge is 0.0117 e. The SMILES string of the molecule is CC(Br)CCCCCCN. The number of halogens is 1. The van der Waals surface area contributed by atoms with E-state index in [4.69, 9.17) is 5.73 Å². The summed E-state index contributed by atoms with van der Waals surface area (Å²) >= 11 is 3.52. The van der Waals surface area contributed by atoms with Gasteiger partial charge in [-0.1, -0.05) is 42.1 Å². The van der Waals surface area contributed by atoms with Gasteiger partial charge in [-0.05, 0) is 19.4 Å². The van der Waals surface area contributed by atoms with Crippen LogP contribution in [0.4, 0.5) is 0 Å². The summed E-state index contributed by atoms with van der Waals surface area (Å²) in [7, 11) is 0. The van der Waals surface area contributed by atoms with Crippen molar-refractivity contribution in [1.29, 1.82) is 0 Å². The summed E-state index contributed by atoms with van der Waals surface area (Å²) in [5.74, 6) is 0. The van der Waals surface area contributed by atoms with Gasteiger partial charge < -0.3 is 5.73 Å². The van der Waals surface area contributed by atoms with E-state index in [0.717, 1.165) is 6.54 Å². The van der Waals surface area contributed by atoms with Crippen LogP contribution < -0.4 is 5.73 Å². The molecule has 62 valence electrons. The zero-order valence-corrected chi connectivity index (χ0v) is 8.36. The molecule has 1 nitrogen and oxygen atoms in total. The fraction of sp³-hybridized carbons (Fsp3) is 1.00. The Bertz CT molecular complexity index is 64.3. The van der Waals surface area contributed by atoms with E-state index < -0.39 is 0 Å². The normalized spacial score (nSPS) is 13.5. The minimum Gasteiger partial charge on any atom is -0.330 e. The second-order valence-electron chi connectivity index (χ2n) is 2.77. The first kappa shape index (κ1) is 10.4. The van der Waals surface area contributed by atoms with Gasteiger partial charge in [-0.3, -0.25) is 0 Å². The zero-order valence-electron chi connectivity index (χ0n) is 6.78. The topological polar surface area (TPSA) is 26.0 Å². The monoisotopic (exact) mass is 207 g/mol. The largest absolute Gasteiger partial charge is 0.330 e. The summed E-state index contributed by atoms with van der Waals surface area (Å²) in [5.41, 5.74) is 5.36. The molecule has 0 saturated carbocycles. The molecular weight excluding hydrogens is 190 g/mol. The maximum Gasteiger partial charge on any atom is 0.0117 e. The Balaban J connectivity index is 2.77. The fourth-order valence-corrected chi connectivity index (χ4v) is 1.25. The summed E-state index contributed by atoms with van der Waals surface area (Å²) in [6.45, 7) is 3.05. The minimum absolute atomic E-state index is 0.686. The highest BCUT2D eigenvalue weighted by molar-refractivity contribution is 9.09. The minimum atomic E-state index is 0.686. The van der Waals surface area contributed by atoms with Gasteiger partial charge in [-0.25, -0.2) is 0 Å². The van der Waals surface area contributed by atoms with Crippen LogP contribution in [0.15, 0.2) is 0 Å². The van der Waals surface area contributed by atoms with Crippen molar-refractivity contribution in [2.75, 3.05) is 6.54 Å². The fourth-order valence-electron chi connectivity index (χ4n) is 0.924. The highest BCUT2D eigenvalue weighted by Gasteiger charge is 1.94. The molecule has 0 spiro atoms. The Morgan fingerprint density at radius 3 is 2.30 bits per heavy atom. The first-order valence-electron chi connectivity index (χ1n) is 4.11.